The zero-order valence-electron chi connectivity index (χ0n) is 14.7. The SMILES string of the molecule is C=Nc1cc(NC(C)(C)C)ccc1N=C(C)C(=O)C(C)(C)C. The number of hydrogen-bond donors (Lipinski definition) is 1. The minimum atomic E-state index is -0.441. The lowest BCUT2D eigenvalue weighted by Gasteiger charge is -2.22. The van der Waals surface area contributed by atoms with Crippen LogP contribution < -0.4 is 5.32 Å². The lowest BCUT2D eigenvalue weighted by atomic mass is 9.88. The molecule has 0 radical (unpaired) electrons. The number of rotatable bonds is 4. The molecule has 0 spiro atoms. The van der Waals surface area contributed by atoms with Crippen LogP contribution in [0.4, 0.5) is 17.1 Å². The first-order valence-electron chi connectivity index (χ1n) is 7.43. The minimum absolute atomic E-state index is 0.0272. The van der Waals surface area contributed by atoms with Crippen molar-refractivity contribution in [2.75, 3.05) is 5.32 Å². The number of carbonyl (C=O) groups excluding carboxylic acids is 1. The second-order valence-corrected chi connectivity index (χ2v) is 7.51. The van der Waals surface area contributed by atoms with Gasteiger partial charge in [0.25, 0.3) is 0 Å². The Morgan fingerprint density at radius 2 is 1.68 bits per heavy atom. The Bertz CT molecular complexity index is 602. The van der Waals surface area contributed by atoms with Gasteiger partial charge in [0.2, 0.25) is 0 Å². The molecule has 0 aromatic heterocycles. The monoisotopic (exact) mass is 301 g/mol. The third kappa shape index (κ3) is 5.10. The van der Waals surface area contributed by atoms with Gasteiger partial charge in [-0.15, -0.1) is 0 Å². The van der Waals surface area contributed by atoms with E-state index in [-0.39, 0.29) is 11.3 Å². The van der Waals surface area contributed by atoms with Crippen molar-refractivity contribution >= 4 is 35.3 Å². The summed E-state index contributed by atoms with van der Waals surface area (Å²) in [7, 11) is 0. The predicted octanol–water partition coefficient (Wildman–Crippen LogP) is 4.94. The zero-order valence-corrected chi connectivity index (χ0v) is 14.7. The fraction of sp³-hybridized carbons (Fsp3) is 0.500. The molecule has 1 rings (SSSR count). The van der Waals surface area contributed by atoms with Gasteiger partial charge >= 0.3 is 0 Å². The summed E-state index contributed by atoms with van der Waals surface area (Å²) in [5.74, 6) is 0.0272. The van der Waals surface area contributed by atoms with Crippen LogP contribution in [-0.2, 0) is 4.79 Å². The molecule has 0 atom stereocenters. The third-order valence-electron chi connectivity index (χ3n) is 2.96. The van der Waals surface area contributed by atoms with Crippen molar-refractivity contribution in [2.24, 2.45) is 15.4 Å². The Morgan fingerprint density at radius 3 is 2.14 bits per heavy atom. The summed E-state index contributed by atoms with van der Waals surface area (Å²) < 4.78 is 0. The predicted molar refractivity (Wildman–Crippen MR) is 96.3 cm³/mol. The topological polar surface area (TPSA) is 53.8 Å². The first-order chi connectivity index (χ1) is 9.94. The maximum Gasteiger partial charge on any atom is 0.182 e. The van der Waals surface area contributed by atoms with Crippen molar-refractivity contribution in [3.05, 3.63) is 18.2 Å². The van der Waals surface area contributed by atoms with Gasteiger partial charge in [-0.25, -0.2) is 4.99 Å². The molecule has 1 aromatic carbocycles. The van der Waals surface area contributed by atoms with Gasteiger partial charge in [-0.05, 0) is 52.6 Å². The van der Waals surface area contributed by atoms with Crippen molar-refractivity contribution < 1.29 is 4.79 Å². The van der Waals surface area contributed by atoms with E-state index in [1.165, 1.54) is 0 Å². The van der Waals surface area contributed by atoms with Crippen LogP contribution in [0.2, 0.25) is 0 Å². The van der Waals surface area contributed by atoms with Gasteiger partial charge in [-0.1, -0.05) is 20.8 Å². The molecule has 0 fully saturated rings. The highest BCUT2D eigenvalue weighted by atomic mass is 16.1. The molecule has 0 amide bonds. The molecule has 120 valence electrons. The molecule has 0 heterocycles. The van der Waals surface area contributed by atoms with E-state index in [0.717, 1.165) is 5.69 Å². The number of carbonyl (C=O) groups is 1. The molecule has 22 heavy (non-hydrogen) atoms. The van der Waals surface area contributed by atoms with Crippen LogP contribution >= 0.6 is 0 Å². The van der Waals surface area contributed by atoms with Crippen LogP contribution in [0.3, 0.4) is 0 Å². The maximum atomic E-state index is 12.2. The van der Waals surface area contributed by atoms with Gasteiger partial charge < -0.3 is 5.32 Å². The molecular weight excluding hydrogens is 274 g/mol. The van der Waals surface area contributed by atoms with E-state index in [1.54, 1.807) is 6.92 Å². The highest BCUT2D eigenvalue weighted by Crippen LogP contribution is 2.32. The molecule has 0 saturated heterocycles. The van der Waals surface area contributed by atoms with Crippen LogP contribution in [0.5, 0.6) is 0 Å². The molecule has 0 aliphatic carbocycles. The molecule has 4 heteroatoms. The Hall–Kier alpha value is -1.97. The van der Waals surface area contributed by atoms with Gasteiger partial charge in [0.1, 0.15) is 0 Å². The van der Waals surface area contributed by atoms with Crippen LogP contribution in [0, 0.1) is 5.41 Å². The summed E-state index contributed by atoms with van der Waals surface area (Å²) >= 11 is 0. The normalized spacial score (nSPS) is 13.0. The number of aliphatic imine (C=N–C) groups is 2. The third-order valence-corrected chi connectivity index (χ3v) is 2.96. The van der Waals surface area contributed by atoms with Crippen LogP contribution in [0.15, 0.2) is 28.2 Å². The summed E-state index contributed by atoms with van der Waals surface area (Å²) in [6, 6.07) is 5.69. The van der Waals surface area contributed by atoms with E-state index in [1.807, 2.05) is 39.0 Å². The lowest BCUT2D eigenvalue weighted by Crippen LogP contribution is -2.26. The van der Waals surface area contributed by atoms with Crippen molar-refractivity contribution in [1.29, 1.82) is 0 Å². The Labute approximate surface area is 133 Å². The van der Waals surface area contributed by atoms with Gasteiger partial charge in [-0.2, -0.15) is 0 Å². The highest BCUT2D eigenvalue weighted by Gasteiger charge is 2.23. The second kappa shape index (κ2) is 6.42. The van der Waals surface area contributed by atoms with E-state index < -0.39 is 5.41 Å². The smallest absolute Gasteiger partial charge is 0.182 e. The molecule has 1 aromatic rings. The average Bonchev–Trinajstić information content (AvgIpc) is 2.36. The molecule has 0 unspecified atom stereocenters. The van der Waals surface area contributed by atoms with Crippen LogP contribution in [0.25, 0.3) is 0 Å². The first kappa shape index (κ1) is 18.1. The highest BCUT2D eigenvalue weighted by molar-refractivity contribution is 6.41. The van der Waals surface area contributed by atoms with Gasteiger partial charge in [-0.3, -0.25) is 9.79 Å². The average molecular weight is 301 g/mol. The van der Waals surface area contributed by atoms with Gasteiger partial charge in [0.05, 0.1) is 17.1 Å². The number of nitrogens with one attached hydrogen (secondary N) is 1. The number of hydrogen-bond acceptors (Lipinski definition) is 4. The van der Waals surface area contributed by atoms with E-state index in [0.29, 0.717) is 17.1 Å². The number of Topliss-reactive ketones (excluding diaryl/α,β-unsaturated/α-hetero) is 1. The molecular formula is C18H27N3O. The van der Waals surface area contributed by atoms with E-state index in [9.17, 15) is 4.79 Å². The molecule has 4 nitrogen and oxygen atoms in total. The Balaban J connectivity index is 3.16. The largest absolute Gasteiger partial charge is 0.380 e. The van der Waals surface area contributed by atoms with Gasteiger partial charge in [0, 0.05) is 16.6 Å². The van der Waals surface area contributed by atoms with Crippen LogP contribution in [0.1, 0.15) is 48.5 Å². The van der Waals surface area contributed by atoms with Crippen molar-refractivity contribution in [3.8, 4) is 0 Å². The molecule has 1 N–H and O–H groups in total. The molecule has 0 aliphatic rings. The number of benzene rings is 1. The van der Waals surface area contributed by atoms with Crippen molar-refractivity contribution in [3.63, 3.8) is 0 Å². The van der Waals surface area contributed by atoms with Crippen LogP contribution in [-0.4, -0.2) is 23.8 Å². The summed E-state index contributed by atoms with van der Waals surface area (Å²) in [6.07, 6.45) is 0. The number of anilines is 1. The Morgan fingerprint density at radius 1 is 1.09 bits per heavy atom. The Kier molecular flexibility index (Phi) is 5.28. The lowest BCUT2D eigenvalue weighted by molar-refractivity contribution is -0.119. The van der Waals surface area contributed by atoms with Crippen molar-refractivity contribution in [2.45, 2.75) is 54.0 Å². The summed E-state index contributed by atoms with van der Waals surface area (Å²) in [4.78, 5) is 20.7. The fourth-order valence-electron chi connectivity index (χ4n) is 2.03. The zero-order chi connectivity index (χ0) is 17.1. The van der Waals surface area contributed by atoms with Crippen molar-refractivity contribution in [1.82, 2.24) is 0 Å². The first-order valence-corrected chi connectivity index (χ1v) is 7.43. The van der Waals surface area contributed by atoms with Gasteiger partial charge in [0.15, 0.2) is 5.78 Å². The minimum Gasteiger partial charge on any atom is -0.380 e. The summed E-state index contributed by atoms with van der Waals surface area (Å²) in [5, 5.41) is 3.38. The van der Waals surface area contributed by atoms with E-state index in [2.05, 4.69) is 42.8 Å². The molecule has 0 saturated carbocycles. The van der Waals surface area contributed by atoms with E-state index in [4.69, 9.17) is 0 Å². The summed E-state index contributed by atoms with van der Waals surface area (Å²) in [6.45, 7) is 17.3. The fourth-order valence-corrected chi connectivity index (χ4v) is 2.03. The molecule has 0 bridgehead atoms. The second-order valence-electron chi connectivity index (χ2n) is 7.51. The summed E-state index contributed by atoms with van der Waals surface area (Å²) in [5.41, 5.74) is 2.27. The number of nitrogens with zero attached hydrogens (tertiary/aromatic N) is 2. The van der Waals surface area contributed by atoms with E-state index >= 15 is 0 Å². The maximum absolute atomic E-state index is 12.2. The standard InChI is InChI=1S/C18H27N3O/c1-12(16(22)17(2,3)4)20-14-10-9-13(11-15(14)19-8)21-18(5,6)7/h9-11,21H,8H2,1-7H3. The molecule has 0 aliphatic heterocycles. The quantitative estimate of drug-likeness (QED) is 0.801. The number of ketones is 1.